The van der Waals surface area contributed by atoms with Crippen LogP contribution in [0.5, 0.6) is 5.75 Å². The summed E-state index contributed by atoms with van der Waals surface area (Å²) in [6.07, 6.45) is 0. The van der Waals surface area contributed by atoms with E-state index >= 15 is 0 Å². The van der Waals surface area contributed by atoms with Crippen LogP contribution < -0.4 is 15.0 Å². The predicted molar refractivity (Wildman–Crippen MR) is 98.1 cm³/mol. The molecule has 0 radical (unpaired) electrons. The Morgan fingerprint density at radius 1 is 1.21 bits per heavy atom. The SMILES string of the molecule is COc1ccccc1NC(=O)[C@H](C)[NH+](C)Cc1ccc(Cl)c(Cl)c1. The first-order valence-corrected chi connectivity index (χ1v) is 8.38. The minimum atomic E-state index is -0.246. The minimum absolute atomic E-state index is 0.0722. The molecule has 2 N–H and O–H groups in total. The molecule has 0 aliphatic carbocycles. The fraction of sp³-hybridized carbons (Fsp3) is 0.278. The minimum Gasteiger partial charge on any atom is -0.495 e. The number of ether oxygens (including phenoxy) is 1. The fourth-order valence-corrected chi connectivity index (χ4v) is 2.66. The number of nitrogens with one attached hydrogen (secondary N) is 2. The highest BCUT2D eigenvalue weighted by atomic mass is 35.5. The number of benzene rings is 2. The smallest absolute Gasteiger partial charge is 0.282 e. The van der Waals surface area contributed by atoms with E-state index in [1.54, 1.807) is 13.2 Å². The topological polar surface area (TPSA) is 42.8 Å². The fourth-order valence-electron chi connectivity index (χ4n) is 2.34. The Kier molecular flexibility index (Phi) is 6.49. The van der Waals surface area contributed by atoms with E-state index in [-0.39, 0.29) is 11.9 Å². The average molecular weight is 368 g/mol. The van der Waals surface area contributed by atoms with Crippen LogP contribution in [0, 0.1) is 0 Å². The maximum absolute atomic E-state index is 12.5. The third kappa shape index (κ3) is 4.63. The van der Waals surface area contributed by atoms with Crippen LogP contribution in [0.2, 0.25) is 10.0 Å². The summed E-state index contributed by atoms with van der Waals surface area (Å²) in [5, 5.41) is 3.97. The Morgan fingerprint density at radius 2 is 1.92 bits per heavy atom. The van der Waals surface area contributed by atoms with Gasteiger partial charge in [-0.2, -0.15) is 0 Å². The number of anilines is 1. The average Bonchev–Trinajstić information content (AvgIpc) is 2.57. The van der Waals surface area contributed by atoms with E-state index in [1.165, 1.54) is 0 Å². The highest BCUT2D eigenvalue weighted by molar-refractivity contribution is 6.42. The van der Waals surface area contributed by atoms with Gasteiger partial charge in [0, 0.05) is 5.56 Å². The second kappa shape index (κ2) is 8.38. The molecule has 2 atom stereocenters. The van der Waals surface area contributed by atoms with Crippen molar-refractivity contribution in [3.05, 3.63) is 58.1 Å². The number of hydrogen-bond donors (Lipinski definition) is 2. The zero-order valence-electron chi connectivity index (χ0n) is 13.9. The van der Waals surface area contributed by atoms with Gasteiger partial charge >= 0.3 is 0 Å². The van der Waals surface area contributed by atoms with Crippen LogP contribution in [0.3, 0.4) is 0 Å². The highest BCUT2D eigenvalue weighted by Gasteiger charge is 2.23. The Bertz CT molecular complexity index is 722. The number of para-hydroxylation sites is 2. The molecule has 0 aliphatic heterocycles. The molecule has 0 aromatic heterocycles. The molecule has 4 nitrogen and oxygen atoms in total. The van der Waals surface area contributed by atoms with Crippen LogP contribution in [-0.2, 0) is 11.3 Å². The molecule has 128 valence electrons. The van der Waals surface area contributed by atoms with Gasteiger partial charge in [0.1, 0.15) is 12.3 Å². The number of methoxy groups -OCH3 is 1. The number of carbonyl (C=O) groups is 1. The second-order valence-electron chi connectivity index (χ2n) is 5.68. The summed E-state index contributed by atoms with van der Waals surface area (Å²) in [6.45, 7) is 2.55. The van der Waals surface area contributed by atoms with Gasteiger partial charge in [0.2, 0.25) is 0 Å². The summed E-state index contributed by atoms with van der Waals surface area (Å²) in [7, 11) is 3.55. The molecule has 0 aliphatic rings. The first-order valence-electron chi connectivity index (χ1n) is 7.62. The lowest BCUT2D eigenvalue weighted by atomic mass is 10.2. The molecule has 2 aromatic rings. The normalized spacial score (nSPS) is 13.2. The molecule has 6 heteroatoms. The predicted octanol–water partition coefficient (Wildman–Crippen LogP) is 3.04. The summed E-state index contributed by atoms with van der Waals surface area (Å²) in [5.41, 5.74) is 1.69. The van der Waals surface area contributed by atoms with Crippen LogP contribution in [-0.4, -0.2) is 26.1 Å². The van der Waals surface area contributed by atoms with Crippen LogP contribution in [0.1, 0.15) is 12.5 Å². The van der Waals surface area contributed by atoms with Gasteiger partial charge in [-0.1, -0.05) is 41.4 Å². The Hall–Kier alpha value is -1.75. The quantitative estimate of drug-likeness (QED) is 0.823. The molecule has 0 spiro atoms. The third-order valence-electron chi connectivity index (χ3n) is 3.96. The molecule has 2 rings (SSSR count). The Morgan fingerprint density at radius 3 is 2.58 bits per heavy atom. The van der Waals surface area contributed by atoms with Crippen molar-refractivity contribution < 1.29 is 14.4 Å². The van der Waals surface area contributed by atoms with Crippen molar-refractivity contribution in [2.45, 2.75) is 19.5 Å². The number of amides is 1. The summed E-state index contributed by atoms with van der Waals surface area (Å²) < 4.78 is 5.26. The molecule has 0 saturated carbocycles. The lowest BCUT2D eigenvalue weighted by molar-refractivity contribution is -0.907. The van der Waals surface area contributed by atoms with E-state index < -0.39 is 0 Å². The summed E-state index contributed by atoms with van der Waals surface area (Å²) >= 11 is 12.0. The largest absolute Gasteiger partial charge is 0.495 e. The standard InChI is InChI=1S/C18H20Cl2N2O2/c1-12(18(23)21-16-6-4-5-7-17(16)24-3)22(2)11-13-8-9-14(19)15(20)10-13/h4-10,12H,11H2,1-3H3,(H,21,23)/p+1/t12-/m0/s1. The van der Waals surface area contributed by atoms with Crippen molar-refractivity contribution in [3.63, 3.8) is 0 Å². The first-order chi connectivity index (χ1) is 11.4. The van der Waals surface area contributed by atoms with Crippen molar-refractivity contribution in [3.8, 4) is 5.75 Å². The van der Waals surface area contributed by atoms with Crippen LogP contribution >= 0.6 is 23.2 Å². The third-order valence-corrected chi connectivity index (χ3v) is 4.70. The van der Waals surface area contributed by atoms with Crippen LogP contribution in [0.4, 0.5) is 5.69 Å². The first kappa shape index (κ1) is 18.6. The van der Waals surface area contributed by atoms with Crippen molar-refractivity contribution >= 4 is 34.8 Å². The summed E-state index contributed by atoms with van der Waals surface area (Å²) in [6, 6.07) is 12.6. The van der Waals surface area contributed by atoms with Crippen molar-refractivity contribution in [2.24, 2.45) is 0 Å². The molecule has 24 heavy (non-hydrogen) atoms. The molecule has 0 saturated heterocycles. The van der Waals surface area contributed by atoms with Gasteiger partial charge in [-0.15, -0.1) is 0 Å². The number of carbonyl (C=O) groups excluding carboxylic acids is 1. The van der Waals surface area contributed by atoms with Gasteiger partial charge in [-0.3, -0.25) is 4.79 Å². The van der Waals surface area contributed by atoms with Gasteiger partial charge in [0.25, 0.3) is 5.91 Å². The molecular formula is C18H21Cl2N2O2+. The van der Waals surface area contributed by atoms with Crippen molar-refractivity contribution in [1.82, 2.24) is 0 Å². The molecule has 0 bridgehead atoms. The summed E-state index contributed by atoms with van der Waals surface area (Å²) in [4.78, 5) is 13.5. The van der Waals surface area contributed by atoms with Gasteiger partial charge < -0.3 is 15.0 Å². The van der Waals surface area contributed by atoms with Crippen molar-refractivity contribution in [2.75, 3.05) is 19.5 Å². The van der Waals surface area contributed by atoms with Crippen LogP contribution in [0.25, 0.3) is 0 Å². The zero-order chi connectivity index (χ0) is 17.7. The van der Waals surface area contributed by atoms with E-state index in [9.17, 15) is 4.79 Å². The summed E-state index contributed by atoms with van der Waals surface area (Å²) in [5.74, 6) is 0.567. The molecule has 0 fully saturated rings. The molecule has 1 unspecified atom stereocenters. The maximum Gasteiger partial charge on any atom is 0.282 e. The van der Waals surface area contributed by atoms with Crippen molar-refractivity contribution in [1.29, 1.82) is 0 Å². The van der Waals surface area contributed by atoms with E-state index in [0.29, 0.717) is 28.0 Å². The monoisotopic (exact) mass is 367 g/mol. The van der Waals surface area contributed by atoms with Gasteiger partial charge in [-0.05, 0) is 31.2 Å². The van der Waals surface area contributed by atoms with Gasteiger partial charge in [0.15, 0.2) is 6.04 Å². The van der Waals surface area contributed by atoms with E-state index in [4.69, 9.17) is 27.9 Å². The molecule has 1 amide bonds. The van der Waals surface area contributed by atoms with E-state index in [1.807, 2.05) is 50.4 Å². The maximum atomic E-state index is 12.5. The van der Waals surface area contributed by atoms with E-state index in [0.717, 1.165) is 10.5 Å². The zero-order valence-corrected chi connectivity index (χ0v) is 15.4. The second-order valence-corrected chi connectivity index (χ2v) is 6.50. The lowest BCUT2D eigenvalue weighted by Gasteiger charge is -2.21. The van der Waals surface area contributed by atoms with Gasteiger partial charge in [0.05, 0.1) is 29.9 Å². The van der Waals surface area contributed by atoms with E-state index in [2.05, 4.69) is 5.32 Å². The van der Waals surface area contributed by atoms with Gasteiger partial charge in [-0.25, -0.2) is 0 Å². The number of halogens is 2. The van der Waals surface area contributed by atoms with Crippen LogP contribution in [0.15, 0.2) is 42.5 Å². The number of hydrogen-bond acceptors (Lipinski definition) is 2. The molecular weight excluding hydrogens is 347 g/mol. The number of quaternary nitrogens is 1. The molecule has 2 aromatic carbocycles. The highest BCUT2D eigenvalue weighted by Crippen LogP contribution is 2.23. The number of likely N-dealkylation sites (N-methyl/N-ethyl adjacent to an activating group) is 1. The molecule has 0 heterocycles. The number of rotatable bonds is 6. The lowest BCUT2D eigenvalue weighted by Crippen LogP contribution is -3.12. The Labute approximate surface area is 152 Å². The Balaban J connectivity index is 2.02.